The van der Waals surface area contributed by atoms with Crippen LogP contribution in [-0.4, -0.2) is 64.3 Å². The van der Waals surface area contributed by atoms with Crippen LogP contribution in [0.4, 0.5) is 0 Å². The zero-order valence-electron chi connectivity index (χ0n) is 30.7. The number of nitrogens with one attached hydrogen (secondary N) is 1. The number of amides is 1. The Morgan fingerprint density at radius 3 is 1.60 bits per heavy atom. The molecule has 1 aromatic heterocycles. The van der Waals surface area contributed by atoms with Gasteiger partial charge in [-0.3, -0.25) is 9.59 Å². The first-order valence-corrected chi connectivity index (χ1v) is 20.4. The molecule has 0 unspecified atom stereocenters. The van der Waals surface area contributed by atoms with Crippen molar-refractivity contribution < 1.29 is 22.8 Å². The summed E-state index contributed by atoms with van der Waals surface area (Å²) in [6.45, 7) is 15.0. The number of hydrogen-bond acceptors (Lipinski definition) is 5. The van der Waals surface area contributed by atoms with E-state index in [9.17, 15) is 23.1 Å². The smallest absolute Gasteiger partial charge is 0.283 e. The number of carbonyl (C=O) groups excluding carboxylic acids is 1. The number of carbonyl (C=O) groups is 1. The van der Waals surface area contributed by atoms with Crippen LogP contribution in [0.5, 0.6) is 5.88 Å². The molecule has 0 atom stereocenters. The largest absolute Gasteiger partial charge is 0.493 e. The molecule has 2 fully saturated rings. The molecule has 1 saturated carbocycles. The molecular formula is C40H59N4O5S+. The number of hydrogen-bond donors (Lipinski definition) is 2. The molecule has 50 heavy (non-hydrogen) atoms. The van der Waals surface area contributed by atoms with Crippen LogP contribution in [0.15, 0.2) is 70.4 Å². The fourth-order valence-electron chi connectivity index (χ4n) is 7.35. The molecule has 2 N–H and O–H groups in total. The minimum Gasteiger partial charge on any atom is -0.493 e. The maximum atomic E-state index is 13.5. The van der Waals surface area contributed by atoms with E-state index < -0.39 is 37.0 Å². The van der Waals surface area contributed by atoms with E-state index in [2.05, 4.69) is 33.0 Å². The van der Waals surface area contributed by atoms with Crippen LogP contribution in [0.3, 0.4) is 0 Å². The van der Waals surface area contributed by atoms with E-state index in [1.807, 2.05) is 0 Å². The van der Waals surface area contributed by atoms with E-state index >= 15 is 0 Å². The van der Waals surface area contributed by atoms with Gasteiger partial charge in [-0.1, -0.05) is 109 Å². The lowest BCUT2D eigenvalue weighted by atomic mass is 9.95. The second-order valence-electron chi connectivity index (χ2n) is 14.0. The number of nitrogens with zero attached hydrogens (tertiary/aromatic N) is 3. The predicted molar refractivity (Wildman–Crippen MR) is 203 cm³/mol. The molecular weight excluding hydrogens is 649 g/mol. The number of aromatic hydroxyl groups is 1. The van der Waals surface area contributed by atoms with Crippen molar-refractivity contribution in [1.29, 1.82) is 0 Å². The zero-order chi connectivity index (χ0) is 36.2. The number of aromatic nitrogens is 2. The summed E-state index contributed by atoms with van der Waals surface area (Å²) >= 11 is 0. The zero-order valence-corrected chi connectivity index (χ0v) is 31.5. The molecule has 1 aliphatic carbocycles. The normalized spacial score (nSPS) is 17.4. The lowest BCUT2D eigenvalue weighted by Gasteiger charge is -2.39. The van der Waals surface area contributed by atoms with Gasteiger partial charge in [0.15, 0.2) is 0 Å². The third kappa shape index (κ3) is 8.62. The van der Waals surface area contributed by atoms with Gasteiger partial charge in [0.1, 0.15) is 15.3 Å². The lowest BCUT2D eigenvalue weighted by Crippen LogP contribution is -2.50. The van der Waals surface area contributed by atoms with E-state index in [0.29, 0.717) is 37.1 Å². The molecule has 1 aliphatic heterocycles. The van der Waals surface area contributed by atoms with Crippen molar-refractivity contribution in [3.05, 3.63) is 81.5 Å². The highest BCUT2D eigenvalue weighted by atomic mass is 32.2. The number of para-hydroxylation sites is 2. The van der Waals surface area contributed by atoms with Crippen LogP contribution in [0.2, 0.25) is 0 Å². The minimum atomic E-state index is -4.03. The Morgan fingerprint density at radius 2 is 1.16 bits per heavy atom. The predicted octanol–water partition coefficient (Wildman–Crippen LogP) is 7.88. The molecule has 1 saturated heterocycles. The highest BCUT2D eigenvalue weighted by Crippen LogP contribution is 2.42. The minimum absolute atomic E-state index is 0.260. The Labute approximate surface area is 299 Å². The molecule has 0 bridgehead atoms. The van der Waals surface area contributed by atoms with E-state index in [0.717, 1.165) is 12.5 Å². The summed E-state index contributed by atoms with van der Waals surface area (Å²) in [5.74, 6) is -1.19. The summed E-state index contributed by atoms with van der Waals surface area (Å²) < 4.78 is 30.8. The van der Waals surface area contributed by atoms with Gasteiger partial charge in [0, 0.05) is 0 Å². The van der Waals surface area contributed by atoms with Crippen molar-refractivity contribution in [3.63, 3.8) is 0 Å². The fourth-order valence-corrected chi connectivity index (χ4v) is 9.39. The molecule has 0 radical (unpaired) electrons. The maximum Gasteiger partial charge on any atom is 0.283 e. The summed E-state index contributed by atoms with van der Waals surface area (Å²) in [4.78, 5) is 24.4. The molecule has 274 valence electrons. The van der Waals surface area contributed by atoms with Crippen LogP contribution >= 0.6 is 0 Å². The van der Waals surface area contributed by atoms with Crippen molar-refractivity contribution in [3.8, 4) is 17.3 Å². The fraction of sp³-hybridized carbons (Fsp3) is 0.550. The highest BCUT2D eigenvalue weighted by molar-refractivity contribution is 7.98. The number of quaternary nitrogens is 1. The van der Waals surface area contributed by atoms with Gasteiger partial charge < -0.3 is 14.9 Å². The Bertz CT molecular complexity index is 1680. The van der Waals surface area contributed by atoms with E-state index in [1.165, 1.54) is 91.4 Å². The molecule has 10 heteroatoms. The number of rotatable bonds is 15. The van der Waals surface area contributed by atoms with E-state index in [1.54, 1.807) is 60.7 Å². The van der Waals surface area contributed by atoms with Crippen molar-refractivity contribution in [1.82, 2.24) is 14.7 Å². The number of unbranched alkanes of at least 4 members (excludes halogenated alkanes) is 4. The van der Waals surface area contributed by atoms with Crippen molar-refractivity contribution in [2.45, 2.75) is 116 Å². The van der Waals surface area contributed by atoms with Crippen LogP contribution < -0.4 is 10.9 Å². The van der Waals surface area contributed by atoms with Crippen LogP contribution in [-0.2, 0) is 14.6 Å². The Kier molecular flexibility index (Phi) is 14.1. The van der Waals surface area contributed by atoms with Crippen molar-refractivity contribution in [2.24, 2.45) is 0 Å². The monoisotopic (exact) mass is 707 g/mol. The van der Waals surface area contributed by atoms with Gasteiger partial charge in [0.25, 0.3) is 11.5 Å². The van der Waals surface area contributed by atoms with Gasteiger partial charge in [0.2, 0.25) is 15.7 Å². The molecule has 1 spiro atoms. The van der Waals surface area contributed by atoms with Gasteiger partial charge in [-0.2, -0.15) is 0 Å². The summed E-state index contributed by atoms with van der Waals surface area (Å²) in [7, 11) is -4.03. The molecule has 3 aromatic rings. The summed E-state index contributed by atoms with van der Waals surface area (Å²) in [6, 6.07) is 17.4. The van der Waals surface area contributed by atoms with Crippen LogP contribution in [0, 0.1) is 0 Å². The van der Waals surface area contributed by atoms with Crippen LogP contribution in [0.25, 0.3) is 17.5 Å². The van der Waals surface area contributed by atoms with Crippen LogP contribution in [0.1, 0.15) is 117 Å². The Morgan fingerprint density at radius 1 is 0.720 bits per heavy atom. The van der Waals surface area contributed by atoms with E-state index in [4.69, 9.17) is 0 Å². The molecule has 2 aliphatic rings. The second-order valence-corrected chi connectivity index (χ2v) is 16.2. The Balaban J connectivity index is 0.000000282. The first kappa shape index (κ1) is 39.2. The lowest BCUT2D eigenvalue weighted by molar-refractivity contribution is -0.929. The van der Waals surface area contributed by atoms with Gasteiger partial charge >= 0.3 is 0 Å². The summed E-state index contributed by atoms with van der Waals surface area (Å²) in [6.07, 6.45) is 15.1. The molecule has 5 rings (SSSR count). The standard InChI is InChI=1S/C24H23N3O5S.C16H36N/c28-21-20(33(31,32)24(25-21)14-8-3-9-15-24)16-19-22(29)26(17-10-4-1-5-11-17)27(23(19)30)18-12-6-2-7-13-18;1-5-9-13-17(14-10-6-2,15-11-7-3)16-12-8-4/h1-2,4-7,10-13,16,29H,3,8-9,14-15H2,(H,25,28);5-16H2,1-4H3/q;+1/b20-16+;. The highest BCUT2D eigenvalue weighted by Gasteiger charge is 2.55. The maximum absolute atomic E-state index is 13.5. The first-order chi connectivity index (χ1) is 24.1. The van der Waals surface area contributed by atoms with Crippen molar-refractivity contribution >= 4 is 21.8 Å². The SMILES string of the molecule is CCCC[N+](CCCC)(CCCC)CCCC.O=C1NC2(CCCCC2)S(=O)(=O)/C1=C/c1c(O)n(-c2ccccc2)n(-c2ccccc2)c1=O. The molecule has 2 aromatic carbocycles. The second kappa shape index (κ2) is 18.0. The Hall–Kier alpha value is -3.63. The van der Waals surface area contributed by atoms with Crippen molar-refractivity contribution in [2.75, 3.05) is 26.2 Å². The number of sulfone groups is 1. The van der Waals surface area contributed by atoms with E-state index in [-0.39, 0.29) is 5.56 Å². The van der Waals surface area contributed by atoms with Gasteiger partial charge in [-0.05, 0) is 68.9 Å². The first-order valence-electron chi connectivity index (χ1n) is 18.9. The van der Waals surface area contributed by atoms with Gasteiger partial charge in [-0.15, -0.1) is 0 Å². The molecule has 9 nitrogen and oxygen atoms in total. The molecule has 2 heterocycles. The molecule has 1 amide bonds. The third-order valence-electron chi connectivity index (χ3n) is 10.3. The number of benzene rings is 2. The topological polar surface area (TPSA) is 110 Å². The van der Waals surface area contributed by atoms with Gasteiger partial charge in [-0.25, -0.2) is 17.8 Å². The summed E-state index contributed by atoms with van der Waals surface area (Å²) in [5, 5.41) is 13.8. The summed E-state index contributed by atoms with van der Waals surface area (Å²) in [5.41, 5.74) is 0.0869. The average molecular weight is 708 g/mol. The average Bonchev–Trinajstić information content (AvgIpc) is 3.48. The third-order valence-corrected chi connectivity index (χ3v) is 12.7. The quantitative estimate of drug-likeness (QED) is 0.123. The van der Waals surface area contributed by atoms with Gasteiger partial charge in [0.05, 0.1) is 37.6 Å².